The van der Waals surface area contributed by atoms with Gasteiger partial charge in [0.2, 0.25) is 0 Å². The third-order valence-electron chi connectivity index (χ3n) is 4.52. The summed E-state index contributed by atoms with van der Waals surface area (Å²) in [6.45, 7) is 1.84. The lowest BCUT2D eigenvalue weighted by Gasteiger charge is -2.17. The fourth-order valence-electron chi connectivity index (χ4n) is 3.03. The van der Waals surface area contributed by atoms with Crippen LogP contribution in [-0.4, -0.2) is 43.0 Å². The first-order valence-corrected chi connectivity index (χ1v) is 8.93. The van der Waals surface area contributed by atoms with Gasteiger partial charge in [-0.25, -0.2) is 0 Å². The van der Waals surface area contributed by atoms with Gasteiger partial charge in [-0.15, -0.1) is 0 Å². The Bertz CT molecular complexity index is 738. The SMILES string of the molecule is CN(Cc1ccccc1)C(=O)c1ccc(C(=O)NCC2CCCO2)cc1. The lowest BCUT2D eigenvalue weighted by Crippen LogP contribution is -2.31. The smallest absolute Gasteiger partial charge is 0.253 e. The molecule has 0 bridgehead atoms. The molecule has 2 amide bonds. The number of nitrogens with one attached hydrogen (secondary N) is 1. The summed E-state index contributed by atoms with van der Waals surface area (Å²) >= 11 is 0. The number of amides is 2. The van der Waals surface area contributed by atoms with E-state index in [2.05, 4.69) is 5.32 Å². The van der Waals surface area contributed by atoms with Crippen molar-refractivity contribution < 1.29 is 14.3 Å². The van der Waals surface area contributed by atoms with Crippen molar-refractivity contribution in [3.63, 3.8) is 0 Å². The van der Waals surface area contributed by atoms with Gasteiger partial charge in [-0.1, -0.05) is 30.3 Å². The highest BCUT2D eigenvalue weighted by molar-refractivity contribution is 5.97. The summed E-state index contributed by atoms with van der Waals surface area (Å²) < 4.78 is 5.50. The Morgan fingerprint density at radius 1 is 1.08 bits per heavy atom. The lowest BCUT2D eigenvalue weighted by molar-refractivity contribution is 0.0784. The molecule has 1 unspecified atom stereocenters. The highest BCUT2D eigenvalue weighted by Crippen LogP contribution is 2.12. The van der Waals surface area contributed by atoms with Gasteiger partial charge in [0.05, 0.1) is 6.10 Å². The Morgan fingerprint density at radius 2 is 1.77 bits per heavy atom. The molecule has 0 radical (unpaired) electrons. The van der Waals surface area contributed by atoms with E-state index in [0.717, 1.165) is 25.0 Å². The van der Waals surface area contributed by atoms with Gasteiger partial charge in [0, 0.05) is 37.9 Å². The third-order valence-corrected chi connectivity index (χ3v) is 4.52. The second-order valence-corrected chi connectivity index (χ2v) is 6.57. The summed E-state index contributed by atoms with van der Waals surface area (Å²) in [5.74, 6) is -0.211. The maximum Gasteiger partial charge on any atom is 0.253 e. The lowest BCUT2D eigenvalue weighted by atomic mass is 10.1. The fourth-order valence-corrected chi connectivity index (χ4v) is 3.03. The van der Waals surface area contributed by atoms with Crippen LogP contribution in [0.3, 0.4) is 0 Å². The molecule has 5 heteroatoms. The predicted octanol–water partition coefficient (Wildman–Crippen LogP) is 2.87. The molecule has 1 fully saturated rings. The number of rotatable bonds is 6. The molecule has 1 N–H and O–H groups in total. The van der Waals surface area contributed by atoms with E-state index < -0.39 is 0 Å². The molecule has 1 heterocycles. The van der Waals surface area contributed by atoms with E-state index in [1.165, 1.54) is 0 Å². The maximum absolute atomic E-state index is 12.5. The first-order chi connectivity index (χ1) is 12.6. The minimum atomic E-state index is -0.142. The highest BCUT2D eigenvalue weighted by atomic mass is 16.5. The van der Waals surface area contributed by atoms with E-state index in [9.17, 15) is 9.59 Å². The number of hydrogen-bond donors (Lipinski definition) is 1. The van der Waals surface area contributed by atoms with Crippen molar-refractivity contribution in [2.45, 2.75) is 25.5 Å². The number of benzene rings is 2. The molecule has 0 spiro atoms. The first-order valence-electron chi connectivity index (χ1n) is 8.93. The van der Waals surface area contributed by atoms with Crippen molar-refractivity contribution >= 4 is 11.8 Å². The molecular weight excluding hydrogens is 328 g/mol. The van der Waals surface area contributed by atoms with E-state index in [-0.39, 0.29) is 17.9 Å². The summed E-state index contributed by atoms with van der Waals surface area (Å²) in [6.07, 6.45) is 2.15. The van der Waals surface area contributed by atoms with Crippen molar-refractivity contribution in [2.24, 2.45) is 0 Å². The van der Waals surface area contributed by atoms with E-state index in [0.29, 0.717) is 24.2 Å². The molecule has 136 valence electrons. The zero-order valence-electron chi connectivity index (χ0n) is 15.0. The zero-order valence-corrected chi connectivity index (χ0v) is 15.0. The number of hydrogen-bond acceptors (Lipinski definition) is 3. The number of carbonyl (C=O) groups excluding carboxylic acids is 2. The zero-order chi connectivity index (χ0) is 18.4. The van der Waals surface area contributed by atoms with Crippen LogP contribution in [0.15, 0.2) is 54.6 Å². The van der Waals surface area contributed by atoms with Gasteiger partial charge in [-0.3, -0.25) is 9.59 Å². The largest absolute Gasteiger partial charge is 0.376 e. The third kappa shape index (κ3) is 4.70. The molecule has 0 saturated carbocycles. The minimum Gasteiger partial charge on any atom is -0.376 e. The molecule has 1 aliphatic heterocycles. The predicted molar refractivity (Wildman–Crippen MR) is 100.0 cm³/mol. The van der Waals surface area contributed by atoms with Crippen LogP contribution >= 0.6 is 0 Å². The minimum absolute atomic E-state index is 0.0693. The first kappa shape index (κ1) is 18.1. The molecule has 3 rings (SSSR count). The van der Waals surface area contributed by atoms with Crippen molar-refractivity contribution in [3.8, 4) is 0 Å². The molecule has 2 aromatic rings. The summed E-state index contributed by atoms with van der Waals surface area (Å²) in [6, 6.07) is 16.6. The van der Waals surface area contributed by atoms with Gasteiger partial charge in [0.15, 0.2) is 0 Å². The van der Waals surface area contributed by atoms with Crippen LogP contribution in [-0.2, 0) is 11.3 Å². The normalized spacial score (nSPS) is 16.3. The van der Waals surface area contributed by atoms with Crippen molar-refractivity contribution in [1.82, 2.24) is 10.2 Å². The average molecular weight is 352 g/mol. The fraction of sp³-hybridized carbons (Fsp3) is 0.333. The van der Waals surface area contributed by atoms with Gasteiger partial charge >= 0.3 is 0 Å². The topological polar surface area (TPSA) is 58.6 Å². The Balaban J connectivity index is 1.55. The van der Waals surface area contributed by atoms with E-state index in [1.54, 1.807) is 36.2 Å². The highest BCUT2D eigenvalue weighted by Gasteiger charge is 2.17. The van der Waals surface area contributed by atoms with Gasteiger partial charge in [-0.05, 0) is 42.7 Å². The summed E-state index contributed by atoms with van der Waals surface area (Å²) in [4.78, 5) is 26.4. The second kappa shape index (κ2) is 8.63. The average Bonchev–Trinajstić information content (AvgIpc) is 3.20. The Kier molecular flexibility index (Phi) is 6.02. The van der Waals surface area contributed by atoms with E-state index in [4.69, 9.17) is 4.74 Å². The van der Waals surface area contributed by atoms with Crippen LogP contribution in [0, 0.1) is 0 Å². The summed E-state index contributed by atoms with van der Waals surface area (Å²) in [5, 5.41) is 2.89. The Labute approximate surface area is 154 Å². The maximum atomic E-state index is 12.5. The van der Waals surface area contributed by atoms with E-state index >= 15 is 0 Å². The quantitative estimate of drug-likeness (QED) is 0.870. The monoisotopic (exact) mass is 352 g/mol. The van der Waals surface area contributed by atoms with Gasteiger partial charge in [0.1, 0.15) is 0 Å². The van der Waals surface area contributed by atoms with Crippen LogP contribution in [0.4, 0.5) is 0 Å². The van der Waals surface area contributed by atoms with Crippen LogP contribution in [0.2, 0.25) is 0 Å². The van der Waals surface area contributed by atoms with Gasteiger partial charge < -0.3 is 15.0 Å². The number of carbonyl (C=O) groups is 2. The van der Waals surface area contributed by atoms with Crippen molar-refractivity contribution in [1.29, 1.82) is 0 Å². The molecule has 0 aromatic heterocycles. The molecule has 2 aromatic carbocycles. The summed E-state index contributed by atoms with van der Waals surface area (Å²) in [5.41, 5.74) is 2.19. The van der Waals surface area contributed by atoms with E-state index in [1.807, 2.05) is 30.3 Å². The Morgan fingerprint density at radius 3 is 2.42 bits per heavy atom. The van der Waals surface area contributed by atoms with Crippen LogP contribution in [0.25, 0.3) is 0 Å². The Hall–Kier alpha value is -2.66. The standard InChI is InChI=1S/C21H24N2O3/c1-23(15-16-6-3-2-4-7-16)21(25)18-11-9-17(10-12-18)20(24)22-14-19-8-5-13-26-19/h2-4,6-7,9-12,19H,5,8,13-15H2,1H3,(H,22,24). The molecule has 1 saturated heterocycles. The van der Waals surface area contributed by atoms with Crippen LogP contribution in [0.5, 0.6) is 0 Å². The van der Waals surface area contributed by atoms with Crippen LogP contribution < -0.4 is 5.32 Å². The van der Waals surface area contributed by atoms with Crippen LogP contribution in [0.1, 0.15) is 39.1 Å². The molecule has 1 atom stereocenters. The second-order valence-electron chi connectivity index (χ2n) is 6.57. The summed E-state index contributed by atoms with van der Waals surface area (Å²) in [7, 11) is 1.78. The molecule has 26 heavy (non-hydrogen) atoms. The molecule has 5 nitrogen and oxygen atoms in total. The molecule has 1 aliphatic rings. The number of ether oxygens (including phenoxy) is 1. The van der Waals surface area contributed by atoms with Gasteiger partial charge in [-0.2, -0.15) is 0 Å². The van der Waals surface area contributed by atoms with Gasteiger partial charge in [0.25, 0.3) is 11.8 Å². The molecular formula is C21H24N2O3. The van der Waals surface area contributed by atoms with Crippen molar-refractivity contribution in [2.75, 3.05) is 20.2 Å². The molecule has 0 aliphatic carbocycles. The van der Waals surface area contributed by atoms with Crippen molar-refractivity contribution in [3.05, 3.63) is 71.3 Å². The number of nitrogens with zero attached hydrogens (tertiary/aromatic N) is 1.